The van der Waals surface area contributed by atoms with E-state index in [1.165, 1.54) is 0 Å². The molecule has 2 saturated carbocycles. The zero-order valence-corrected chi connectivity index (χ0v) is 17.5. The second kappa shape index (κ2) is 7.89. The van der Waals surface area contributed by atoms with E-state index in [0.717, 1.165) is 25.7 Å². The number of carbonyl (C=O) groups excluding carboxylic acids is 1. The van der Waals surface area contributed by atoms with Crippen LogP contribution in [0.5, 0.6) is 0 Å². The number of aliphatic hydroxyl groups is 1. The number of fused-ring (bicyclic) bond motifs is 2. The highest BCUT2D eigenvalue weighted by Gasteiger charge is 2.49. The minimum atomic E-state index is -1.45. The van der Waals surface area contributed by atoms with Crippen molar-refractivity contribution >= 4 is 17.7 Å². The van der Waals surface area contributed by atoms with Gasteiger partial charge in [0.05, 0.1) is 11.6 Å². The maximum absolute atomic E-state index is 14.2. The van der Waals surface area contributed by atoms with Crippen LogP contribution >= 0.6 is 11.8 Å². The molecule has 0 bridgehead atoms. The van der Waals surface area contributed by atoms with Crippen LogP contribution in [0.3, 0.4) is 0 Å². The van der Waals surface area contributed by atoms with Crippen LogP contribution in [-0.2, 0) is 4.79 Å². The van der Waals surface area contributed by atoms with Crippen molar-refractivity contribution in [3.05, 3.63) is 0 Å². The van der Waals surface area contributed by atoms with Gasteiger partial charge >= 0.3 is 0 Å². The van der Waals surface area contributed by atoms with Crippen molar-refractivity contribution in [2.24, 2.45) is 5.92 Å². The minimum Gasteiger partial charge on any atom is -0.389 e. The molecular formula is C20H32F2N4O2S. The monoisotopic (exact) mass is 430 g/mol. The molecule has 2 aliphatic carbocycles. The SMILES string of the molecule is O=C(C1CC2C(CCC(F)C2F)N1)N1CCC2NC(NCC3(O)CCC3)SC2C1. The molecule has 8 atom stereocenters. The normalized spacial score (nSPS) is 46.1. The third kappa shape index (κ3) is 3.93. The summed E-state index contributed by atoms with van der Waals surface area (Å²) in [6, 6.07) is -0.0950. The molecule has 5 rings (SSSR count). The molecule has 0 spiro atoms. The number of piperidine rings is 1. The Morgan fingerprint density at radius 3 is 2.79 bits per heavy atom. The van der Waals surface area contributed by atoms with Crippen molar-refractivity contribution in [3.8, 4) is 0 Å². The summed E-state index contributed by atoms with van der Waals surface area (Å²) in [7, 11) is 0. The van der Waals surface area contributed by atoms with Gasteiger partial charge in [0.15, 0.2) is 0 Å². The maximum Gasteiger partial charge on any atom is 0.239 e. The van der Waals surface area contributed by atoms with Gasteiger partial charge in [0.25, 0.3) is 0 Å². The third-order valence-corrected chi connectivity index (χ3v) is 9.10. The first-order valence-corrected chi connectivity index (χ1v) is 12.1. The van der Waals surface area contributed by atoms with Gasteiger partial charge in [-0.05, 0) is 44.9 Å². The number of hydrogen-bond donors (Lipinski definition) is 4. The molecule has 0 aromatic rings. The van der Waals surface area contributed by atoms with Gasteiger partial charge in [0.2, 0.25) is 5.91 Å². The number of carbonyl (C=O) groups is 1. The van der Waals surface area contributed by atoms with Gasteiger partial charge in [-0.15, -0.1) is 11.8 Å². The maximum atomic E-state index is 14.2. The van der Waals surface area contributed by atoms with E-state index in [1.807, 2.05) is 4.90 Å². The molecule has 5 fully saturated rings. The van der Waals surface area contributed by atoms with E-state index < -0.39 is 17.9 Å². The van der Waals surface area contributed by atoms with Crippen LogP contribution in [0.15, 0.2) is 0 Å². The standard InChI is InChI=1S/C20H32F2N4O2S/c21-12-2-3-13-11(17(12)22)8-15(24-13)18(27)26-7-4-14-16(9-26)29-19(25-14)23-10-20(28)5-1-6-20/h11-17,19,23-25,28H,1-10H2. The molecule has 4 N–H and O–H groups in total. The summed E-state index contributed by atoms with van der Waals surface area (Å²) in [5.74, 6) is -0.333. The Hall–Kier alpha value is -0.480. The van der Waals surface area contributed by atoms with Crippen LogP contribution in [-0.4, -0.2) is 82.4 Å². The smallest absolute Gasteiger partial charge is 0.239 e. The van der Waals surface area contributed by atoms with E-state index in [9.17, 15) is 18.7 Å². The number of nitrogens with zero attached hydrogens (tertiary/aromatic N) is 1. The van der Waals surface area contributed by atoms with Crippen LogP contribution < -0.4 is 16.0 Å². The first-order valence-electron chi connectivity index (χ1n) is 11.1. The van der Waals surface area contributed by atoms with Gasteiger partial charge in [0, 0.05) is 42.9 Å². The molecule has 164 valence electrons. The summed E-state index contributed by atoms with van der Waals surface area (Å²) < 4.78 is 28.0. The fraction of sp³-hybridized carbons (Fsp3) is 0.950. The number of amides is 1. The molecule has 3 aliphatic heterocycles. The average Bonchev–Trinajstić information content (AvgIpc) is 3.30. The van der Waals surface area contributed by atoms with Gasteiger partial charge in [-0.25, -0.2) is 8.78 Å². The fourth-order valence-electron chi connectivity index (χ4n) is 5.70. The molecule has 29 heavy (non-hydrogen) atoms. The summed E-state index contributed by atoms with van der Waals surface area (Å²) in [4.78, 5) is 15.0. The third-order valence-electron chi connectivity index (χ3n) is 7.69. The molecule has 5 aliphatic rings. The summed E-state index contributed by atoms with van der Waals surface area (Å²) in [6.45, 7) is 1.99. The topological polar surface area (TPSA) is 76.6 Å². The summed E-state index contributed by atoms with van der Waals surface area (Å²) >= 11 is 1.80. The van der Waals surface area contributed by atoms with Crippen molar-refractivity contribution in [1.29, 1.82) is 0 Å². The summed E-state index contributed by atoms with van der Waals surface area (Å²) in [5, 5.41) is 20.9. The molecular weight excluding hydrogens is 398 g/mol. The largest absolute Gasteiger partial charge is 0.389 e. The number of alkyl halides is 2. The minimum absolute atomic E-state index is 0.0428. The van der Waals surface area contributed by atoms with Crippen LogP contribution in [0.2, 0.25) is 0 Å². The lowest BCUT2D eigenvalue weighted by Gasteiger charge is -2.37. The van der Waals surface area contributed by atoms with Crippen LogP contribution in [0.1, 0.15) is 44.9 Å². The average molecular weight is 431 g/mol. The Morgan fingerprint density at radius 1 is 1.21 bits per heavy atom. The van der Waals surface area contributed by atoms with E-state index in [0.29, 0.717) is 43.8 Å². The highest BCUT2D eigenvalue weighted by molar-refractivity contribution is 8.00. The van der Waals surface area contributed by atoms with Gasteiger partial charge in [-0.1, -0.05) is 0 Å². The zero-order valence-electron chi connectivity index (χ0n) is 16.7. The number of rotatable bonds is 4. The lowest BCUT2D eigenvalue weighted by Crippen LogP contribution is -2.54. The number of nitrogens with one attached hydrogen (secondary N) is 3. The first kappa shape index (κ1) is 20.4. The van der Waals surface area contributed by atoms with Crippen molar-refractivity contribution in [3.63, 3.8) is 0 Å². The van der Waals surface area contributed by atoms with Crippen molar-refractivity contribution < 1.29 is 18.7 Å². The summed E-state index contributed by atoms with van der Waals surface area (Å²) in [6.07, 6.45) is 2.15. The predicted molar refractivity (Wildman–Crippen MR) is 108 cm³/mol. The van der Waals surface area contributed by atoms with Gasteiger partial charge < -0.3 is 15.3 Å². The van der Waals surface area contributed by atoms with E-state index in [2.05, 4.69) is 16.0 Å². The Balaban J connectivity index is 1.13. The lowest BCUT2D eigenvalue weighted by molar-refractivity contribution is -0.134. The Labute approximate surface area is 174 Å². The molecule has 9 heteroatoms. The highest BCUT2D eigenvalue weighted by Crippen LogP contribution is 2.38. The Kier molecular flexibility index (Phi) is 5.56. The van der Waals surface area contributed by atoms with Crippen molar-refractivity contribution in [1.82, 2.24) is 20.9 Å². The number of thioether (sulfide) groups is 1. The van der Waals surface area contributed by atoms with Gasteiger partial charge in [0.1, 0.15) is 17.8 Å². The molecule has 6 nitrogen and oxygen atoms in total. The Morgan fingerprint density at radius 2 is 2.03 bits per heavy atom. The predicted octanol–water partition coefficient (Wildman–Crippen LogP) is 0.897. The van der Waals surface area contributed by atoms with Crippen LogP contribution in [0.25, 0.3) is 0 Å². The molecule has 1 amide bonds. The molecule has 0 aromatic carbocycles. The lowest BCUT2D eigenvalue weighted by atomic mass is 9.80. The molecule has 0 radical (unpaired) electrons. The van der Waals surface area contributed by atoms with E-state index in [4.69, 9.17) is 0 Å². The number of halogens is 2. The number of hydrogen-bond acceptors (Lipinski definition) is 6. The Bertz CT molecular complexity index is 640. The molecule has 3 heterocycles. The second-order valence-corrected chi connectivity index (χ2v) is 11.0. The van der Waals surface area contributed by atoms with Gasteiger partial charge in [-0.3, -0.25) is 15.4 Å². The zero-order chi connectivity index (χ0) is 20.2. The quantitative estimate of drug-likeness (QED) is 0.531. The molecule has 8 unspecified atom stereocenters. The molecule has 0 aromatic heterocycles. The van der Waals surface area contributed by atoms with Gasteiger partial charge in [-0.2, -0.15) is 0 Å². The second-order valence-electron chi connectivity index (χ2n) is 9.62. The highest BCUT2D eigenvalue weighted by atomic mass is 32.2. The summed E-state index contributed by atoms with van der Waals surface area (Å²) in [5.41, 5.74) is -0.443. The number of likely N-dealkylation sites (tertiary alicyclic amines) is 1. The first-order chi connectivity index (χ1) is 13.9. The van der Waals surface area contributed by atoms with E-state index >= 15 is 0 Å². The van der Waals surface area contributed by atoms with E-state index in [-0.39, 0.29) is 35.8 Å². The van der Waals surface area contributed by atoms with Crippen molar-refractivity contribution in [2.75, 3.05) is 19.6 Å². The van der Waals surface area contributed by atoms with Crippen LogP contribution in [0, 0.1) is 5.92 Å². The fourth-order valence-corrected chi connectivity index (χ4v) is 7.15. The van der Waals surface area contributed by atoms with Crippen molar-refractivity contribution in [2.45, 2.75) is 91.8 Å². The van der Waals surface area contributed by atoms with Crippen LogP contribution in [0.4, 0.5) is 8.78 Å². The van der Waals surface area contributed by atoms with E-state index in [1.54, 1.807) is 11.8 Å². The molecule has 3 saturated heterocycles.